The number of likely N-dealkylation sites (tertiary alicyclic amines) is 1. The van der Waals surface area contributed by atoms with Gasteiger partial charge in [0.25, 0.3) is 5.91 Å². The number of hydrogen-bond donors (Lipinski definition) is 1. The van der Waals surface area contributed by atoms with Gasteiger partial charge in [-0.3, -0.25) is 4.79 Å². The van der Waals surface area contributed by atoms with Crippen molar-refractivity contribution in [1.82, 2.24) is 4.90 Å². The van der Waals surface area contributed by atoms with Crippen molar-refractivity contribution in [2.75, 3.05) is 13.1 Å². The van der Waals surface area contributed by atoms with Crippen molar-refractivity contribution < 1.29 is 19.1 Å². The van der Waals surface area contributed by atoms with Crippen LogP contribution >= 0.6 is 0 Å². The topological polar surface area (TPSA) is 80.0 Å². The van der Waals surface area contributed by atoms with Crippen LogP contribution in [0.4, 0.5) is 0 Å². The van der Waals surface area contributed by atoms with Crippen LogP contribution in [0.3, 0.4) is 0 Å². The number of piperidine rings is 1. The van der Waals surface area contributed by atoms with Gasteiger partial charge in [0.15, 0.2) is 6.10 Å². The highest BCUT2D eigenvalue weighted by Crippen LogP contribution is 2.40. The first-order chi connectivity index (χ1) is 14.8. The Bertz CT molecular complexity index is 1030. The number of carbonyl (C=O) groups excluding carboxylic acids is 1. The third-order valence-corrected chi connectivity index (χ3v) is 6.94. The molecule has 31 heavy (non-hydrogen) atoms. The molecule has 1 amide bonds. The van der Waals surface area contributed by atoms with E-state index in [1.54, 1.807) is 6.92 Å². The minimum Gasteiger partial charge on any atom is -0.480 e. The zero-order valence-corrected chi connectivity index (χ0v) is 18.8. The summed E-state index contributed by atoms with van der Waals surface area (Å²) in [5, 5.41) is 11.7. The number of amides is 1. The fraction of sp³-hybridized carbons (Fsp3) is 0.600. The number of aliphatic hydroxyl groups is 1. The van der Waals surface area contributed by atoms with Gasteiger partial charge in [0.05, 0.1) is 11.0 Å². The lowest BCUT2D eigenvalue weighted by Crippen LogP contribution is -2.56. The predicted octanol–water partition coefficient (Wildman–Crippen LogP) is 3.97. The molecule has 1 saturated heterocycles. The average molecular weight is 428 g/mol. The summed E-state index contributed by atoms with van der Waals surface area (Å²) >= 11 is 0. The van der Waals surface area contributed by atoms with E-state index in [1.807, 2.05) is 24.0 Å². The van der Waals surface area contributed by atoms with Gasteiger partial charge < -0.3 is 19.2 Å². The molecular formula is C25H33NO5. The second-order valence-electron chi connectivity index (χ2n) is 9.32. The number of ether oxygens (including phenoxy) is 1. The standard InChI is InChI=1S/C25H33NO5/c1-4-7-18-14-22(27)31-21-13-16(2)12-20(23(18)21)30-17(3)24(28)26-11-10-25(29)9-6-5-8-19(25)15-26/h12-14,17,19,29H,4-11,15H2,1-3H3/t17-,19-,25+/m0/s1. The summed E-state index contributed by atoms with van der Waals surface area (Å²) in [4.78, 5) is 27.1. The number of carbonyl (C=O) groups is 1. The third-order valence-electron chi connectivity index (χ3n) is 6.94. The molecule has 1 aliphatic carbocycles. The monoisotopic (exact) mass is 427 g/mol. The highest BCUT2D eigenvalue weighted by atomic mass is 16.5. The van der Waals surface area contributed by atoms with Gasteiger partial charge in [0.1, 0.15) is 11.3 Å². The summed E-state index contributed by atoms with van der Waals surface area (Å²) < 4.78 is 11.6. The highest BCUT2D eigenvalue weighted by molar-refractivity contribution is 5.88. The molecule has 6 heteroatoms. The van der Waals surface area contributed by atoms with E-state index < -0.39 is 11.7 Å². The lowest BCUT2D eigenvalue weighted by atomic mass is 9.71. The maximum absolute atomic E-state index is 13.2. The molecule has 1 N–H and O–H groups in total. The lowest BCUT2D eigenvalue weighted by molar-refractivity contribution is -0.149. The first kappa shape index (κ1) is 21.9. The second kappa shape index (κ2) is 8.65. The minimum absolute atomic E-state index is 0.0586. The Hall–Kier alpha value is -2.34. The summed E-state index contributed by atoms with van der Waals surface area (Å²) in [6.07, 6.45) is 5.58. The van der Waals surface area contributed by atoms with E-state index in [0.717, 1.165) is 55.0 Å². The van der Waals surface area contributed by atoms with Crippen molar-refractivity contribution in [3.63, 3.8) is 0 Å². The van der Waals surface area contributed by atoms with Gasteiger partial charge in [-0.15, -0.1) is 0 Å². The number of hydrogen-bond acceptors (Lipinski definition) is 5. The summed E-state index contributed by atoms with van der Waals surface area (Å²) in [7, 11) is 0. The number of rotatable bonds is 5. The molecule has 0 bridgehead atoms. The zero-order valence-electron chi connectivity index (χ0n) is 18.8. The maximum Gasteiger partial charge on any atom is 0.336 e. The van der Waals surface area contributed by atoms with Crippen LogP contribution in [0.2, 0.25) is 0 Å². The lowest BCUT2D eigenvalue weighted by Gasteiger charge is -2.47. The minimum atomic E-state index is -0.666. The van der Waals surface area contributed by atoms with Gasteiger partial charge in [0, 0.05) is 25.1 Å². The van der Waals surface area contributed by atoms with Crippen molar-refractivity contribution in [2.24, 2.45) is 5.92 Å². The van der Waals surface area contributed by atoms with E-state index in [4.69, 9.17) is 9.15 Å². The van der Waals surface area contributed by atoms with E-state index in [1.165, 1.54) is 6.07 Å². The molecule has 2 aromatic rings. The van der Waals surface area contributed by atoms with Crippen molar-refractivity contribution >= 4 is 16.9 Å². The summed E-state index contributed by atoms with van der Waals surface area (Å²) in [6.45, 7) is 6.90. The zero-order chi connectivity index (χ0) is 22.2. The van der Waals surface area contributed by atoms with Crippen molar-refractivity contribution in [2.45, 2.75) is 77.4 Å². The largest absolute Gasteiger partial charge is 0.480 e. The Labute approximate surface area is 183 Å². The van der Waals surface area contributed by atoms with Crippen LogP contribution in [0, 0.1) is 12.8 Å². The molecule has 0 unspecified atom stereocenters. The third kappa shape index (κ3) is 4.36. The number of benzene rings is 1. The van der Waals surface area contributed by atoms with Gasteiger partial charge >= 0.3 is 5.63 Å². The van der Waals surface area contributed by atoms with Gasteiger partial charge in [-0.1, -0.05) is 26.2 Å². The van der Waals surface area contributed by atoms with E-state index >= 15 is 0 Å². The van der Waals surface area contributed by atoms with Gasteiger partial charge in [0.2, 0.25) is 0 Å². The van der Waals surface area contributed by atoms with Crippen LogP contribution in [0.25, 0.3) is 11.0 Å². The fourth-order valence-corrected chi connectivity index (χ4v) is 5.30. The Balaban J connectivity index is 1.57. The Morgan fingerprint density at radius 2 is 2.13 bits per heavy atom. The van der Waals surface area contributed by atoms with Crippen LogP contribution in [0.5, 0.6) is 5.75 Å². The van der Waals surface area contributed by atoms with E-state index in [2.05, 4.69) is 6.92 Å². The maximum atomic E-state index is 13.2. The predicted molar refractivity (Wildman–Crippen MR) is 119 cm³/mol. The van der Waals surface area contributed by atoms with E-state index in [-0.39, 0.29) is 17.5 Å². The van der Waals surface area contributed by atoms with Crippen molar-refractivity contribution in [3.05, 3.63) is 39.7 Å². The Morgan fingerprint density at radius 3 is 2.90 bits per heavy atom. The average Bonchev–Trinajstić information content (AvgIpc) is 2.72. The smallest absolute Gasteiger partial charge is 0.336 e. The van der Waals surface area contributed by atoms with Gasteiger partial charge in [-0.2, -0.15) is 0 Å². The molecule has 6 nitrogen and oxygen atoms in total. The van der Waals surface area contributed by atoms with Crippen LogP contribution in [0.15, 0.2) is 27.4 Å². The Kier molecular flexibility index (Phi) is 6.11. The molecule has 4 rings (SSSR count). The second-order valence-corrected chi connectivity index (χ2v) is 9.32. The first-order valence-corrected chi connectivity index (χ1v) is 11.6. The van der Waals surface area contributed by atoms with Crippen molar-refractivity contribution in [1.29, 1.82) is 0 Å². The van der Waals surface area contributed by atoms with Crippen LogP contribution in [-0.4, -0.2) is 40.7 Å². The normalized spacial score (nSPS) is 24.6. The van der Waals surface area contributed by atoms with E-state index in [9.17, 15) is 14.7 Å². The number of nitrogens with zero attached hydrogens (tertiary/aromatic N) is 1. The molecule has 2 heterocycles. The first-order valence-electron chi connectivity index (χ1n) is 11.6. The van der Waals surface area contributed by atoms with Crippen LogP contribution in [-0.2, 0) is 11.2 Å². The summed E-state index contributed by atoms with van der Waals surface area (Å²) in [5.74, 6) is 0.669. The molecule has 1 aliphatic heterocycles. The quantitative estimate of drug-likeness (QED) is 0.730. The molecule has 2 aliphatic rings. The van der Waals surface area contributed by atoms with Crippen LogP contribution < -0.4 is 10.4 Å². The Morgan fingerprint density at radius 1 is 1.32 bits per heavy atom. The molecule has 0 spiro atoms. The molecule has 1 aromatic carbocycles. The summed E-state index contributed by atoms with van der Waals surface area (Å²) in [6, 6.07) is 5.26. The van der Waals surface area contributed by atoms with Gasteiger partial charge in [-0.05, 0) is 62.8 Å². The molecule has 3 atom stereocenters. The molecule has 2 fully saturated rings. The number of aryl methyl sites for hydroxylation is 2. The van der Waals surface area contributed by atoms with E-state index in [0.29, 0.717) is 30.8 Å². The van der Waals surface area contributed by atoms with Gasteiger partial charge in [-0.25, -0.2) is 4.79 Å². The molecule has 168 valence electrons. The molecule has 1 aromatic heterocycles. The fourth-order valence-electron chi connectivity index (χ4n) is 5.30. The van der Waals surface area contributed by atoms with Crippen LogP contribution in [0.1, 0.15) is 63.5 Å². The highest BCUT2D eigenvalue weighted by Gasteiger charge is 2.44. The number of fused-ring (bicyclic) bond motifs is 2. The summed E-state index contributed by atoms with van der Waals surface area (Å²) in [5.41, 5.74) is 1.30. The molecular weight excluding hydrogens is 394 g/mol. The molecule has 0 radical (unpaired) electrons. The SMILES string of the molecule is CCCc1cc(=O)oc2cc(C)cc(O[C@@H](C)C(=O)N3CC[C@]4(O)CCCC[C@H]4C3)c12. The molecule has 1 saturated carbocycles. The van der Waals surface area contributed by atoms with Crippen molar-refractivity contribution in [3.8, 4) is 5.75 Å².